The summed E-state index contributed by atoms with van der Waals surface area (Å²) in [5.74, 6) is 0.712. The molecule has 0 fully saturated rings. The molecule has 4 heteroatoms. The highest BCUT2D eigenvalue weighted by atomic mass is 14.9. The molecule has 0 aliphatic rings. The topological polar surface area (TPSA) is 51.6 Å². The van der Waals surface area contributed by atoms with Crippen molar-refractivity contribution in [2.75, 3.05) is 0 Å². The maximum atomic E-state index is 4.37. The molecule has 0 bridgehead atoms. The quantitative estimate of drug-likeness (QED) is 0.699. The van der Waals surface area contributed by atoms with Crippen LogP contribution < -0.4 is 0 Å². The van der Waals surface area contributed by atoms with Crippen molar-refractivity contribution >= 4 is 0 Å². The average molecular weight is 248 g/mol. The SMILES string of the molecule is Cc1cnc(-c2cnc(-c3ccccc3)nc2)cn1. The van der Waals surface area contributed by atoms with Crippen LogP contribution in [0.1, 0.15) is 5.69 Å². The van der Waals surface area contributed by atoms with Gasteiger partial charge in [-0.2, -0.15) is 0 Å². The molecule has 3 rings (SSSR count). The second kappa shape index (κ2) is 4.94. The molecule has 0 N–H and O–H groups in total. The lowest BCUT2D eigenvalue weighted by atomic mass is 10.2. The van der Waals surface area contributed by atoms with E-state index in [9.17, 15) is 0 Å². The van der Waals surface area contributed by atoms with E-state index >= 15 is 0 Å². The van der Waals surface area contributed by atoms with Crippen LogP contribution in [-0.2, 0) is 0 Å². The predicted octanol–water partition coefficient (Wildman–Crippen LogP) is 2.91. The maximum absolute atomic E-state index is 4.37. The van der Waals surface area contributed by atoms with Crippen LogP contribution in [0.3, 0.4) is 0 Å². The van der Waals surface area contributed by atoms with Gasteiger partial charge in [-0.3, -0.25) is 9.97 Å². The second-order valence-electron chi connectivity index (χ2n) is 4.20. The first-order valence-corrected chi connectivity index (χ1v) is 5.99. The molecular weight excluding hydrogens is 236 g/mol. The van der Waals surface area contributed by atoms with Crippen molar-refractivity contribution in [3.8, 4) is 22.6 Å². The van der Waals surface area contributed by atoms with Crippen molar-refractivity contribution in [1.29, 1.82) is 0 Å². The number of aromatic nitrogens is 4. The van der Waals surface area contributed by atoms with Gasteiger partial charge in [0, 0.05) is 29.7 Å². The lowest BCUT2D eigenvalue weighted by Gasteiger charge is -2.02. The van der Waals surface area contributed by atoms with E-state index in [0.29, 0.717) is 5.82 Å². The Morgan fingerprint density at radius 3 is 2.05 bits per heavy atom. The minimum Gasteiger partial charge on any atom is -0.258 e. The Morgan fingerprint density at radius 1 is 0.684 bits per heavy atom. The molecule has 2 aromatic heterocycles. The molecule has 0 saturated heterocycles. The molecule has 0 aliphatic heterocycles. The molecular formula is C15H12N4. The molecule has 19 heavy (non-hydrogen) atoms. The maximum Gasteiger partial charge on any atom is 0.159 e. The first-order chi connectivity index (χ1) is 9.33. The fraction of sp³-hybridized carbons (Fsp3) is 0.0667. The number of nitrogens with zero attached hydrogens (tertiary/aromatic N) is 4. The summed E-state index contributed by atoms with van der Waals surface area (Å²) in [4.78, 5) is 17.3. The Labute approximate surface area is 111 Å². The van der Waals surface area contributed by atoms with Gasteiger partial charge in [-0.05, 0) is 6.92 Å². The van der Waals surface area contributed by atoms with Gasteiger partial charge in [-0.15, -0.1) is 0 Å². The Hall–Kier alpha value is -2.62. The van der Waals surface area contributed by atoms with Crippen LogP contribution in [0.15, 0.2) is 55.1 Å². The van der Waals surface area contributed by atoms with Gasteiger partial charge in [0.05, 0.1) is 17.6 Å². The smallest absolute Gasteiger partial charge is 0.159 e. The second-order valence-corrected chi connectivity index (χ2v) is 4.20. The molecule has 2 heterocycles. The van der Waals surface area contributed by atoms with Gasteiger partial charge >= 0.3 is 0 Å². The molecule has 1 aromatic carbocycles. The highest BCUT2D eigenvalue weighted by Crippen LogP contribution is 2.17. The monoisotopic (exact) mass is 248 g/mol. The molecule has 0 aliphatic carbocycles. The van der Waals surface area contributed by atoms with Gasteiger partial charge in [0.25, 0.3) is 0 Å². The van der Waals surface area contributed by atoms with E-state index in [0.717, 1.165) is 22.5 Å². The van der Waals surface area contributed by atoms with Gasteiger partial charge in [0.2, 0.25) is 0 Å². The Balaban J connectivity index is 1.93. The van der Waals surface area contributed by atoms with Gasteiger partial charge in [-0.1, -0.05) is 30.3 Å². The Morgan fingerprint density at radius 2 is 1.42 bits per heavy atom. The van der Waals surface area contributed by atoms with Crippen molar-refractivity contribution in [2.45, 2.75) is 6.92 Å². The van der Waals surface area contributed by atoms with Crippen molar-refractivity contribution in [2.24, 2.45) is 0 Å². The Bertz CT molecular complexity index is 661. The minimum atomic E-state index is 0.712. The van der Waals surface area contributed by atoms with E-state index in [2.05, 4.69) is 19.9 Å². The molecule has 92 valence electrons. The third kappa shape index (κ3) is 2.47. The highest BCUT2D eigenvalue weighted by Gasteiger charge is 2.03. The summed E-state index contributed by atoms with van der Waals surface area (Å²) in [7, 11) is 0. The fourth-order valence-corrected chi connectivity index (χ4v) is 1.74. The van der Waals surface area contributed by atoms with Crippen LogP contribution in [-0.4, -0.2) is 19.9 Å². The third-order valence-electron chi connectivity index (χ3n) is 2.76. The highest BCUT2D eigenvalue weighted by molar-refractivity contribution is 5.59. The van der Waals surface area contributed by atoms with Crippen molar-refractivity contribution < 1.29 is 0 Å². The number of aryl methyl sites for hydroxylation is 1. The van der Waals surface area contributed by atoms with Crippen LogP contribution >= 0.6 is 0 Å². The lowest BCUT2D eigenvalue weighted by Crippen LogP contribution is -1.92. The first kappa shape index (κ1) is 11.5. The number of rotatable bonds is 2. The van der Waals surface area contributed by atoms with E-state index in [1.165, 1.54) is 0 Å². The third-order valence-corrected chi connectivity index (χ3v) is 2.76. The first-order valence-electron chi connectivity index (χ1n) is 5.99. The van der Waals surface area contributed by atoms with E-state index in [-0.39, 0.29) is 0 Å². The largest absolute Gasteiger partial charge is 0.258 e. The van der Waals surface area contributed by atoms with Crippen LogP contribution in [0.4, 0.5) is 0 Å². The number of hydrogen-bond donors (Lipinski definition) is 0. The average Bonchev–Trinajstić information content (AvgIpc) is 2.49. The summed E-state index contributed by atoms with van der Waals surface area (Å²) < 4.78 is 0. The Kier molecular flexibility index (Phi) is 2.98. The van der Waals surface area contributed by atoms with Gasteiger partial charge in [0.15, 0.2) is 5.82 Å². The van der Waals surface area contributed by atoms with Crippen LogP contribution in [0.2, 0.25) is 0 Å². The van der Waals surface area contributed by atoms with Crippen LogP contribution in [0.25, 0.3) is 22.6 Å². The summed E-state index contributed by atoms with van der Waals surface area (Å²) in [5.41, 5.74) is 3.55. The van der Waals surface area contributed by atoms with E-state index in [4.69, 9.17) is 0 Å². The zero-order valence-corrected chi connectivity index (χ0v) is 10.5. The summed E-state index contributed by atoms with van der Waals surface area (Å²) in [6.45, 7) is 1.91. The summed E-state index contributed by atoms with van der Waals surface area (Å²) >= 11 is 0. The molecule has 4 nitrogen and oxygen atoms in total. The summed E-state index contributed by atoms with van der Waals surface area (Å²) in [5, 5.41) is 0. The molecule has 0 unspecified atom stereocenters. The fourth-order valence-electron chi connectivity index (χ4n) is 1.74. The minimum absolute atomic E-state index is 0.712. The summed E-state index contributed by atoms with van der Waals surface area (Å²) in [6.07, 6.45) is 7.01. The molecule has 0 spiro atoms. The summed E-state index contributed by atoms with van der Waals surface area (Å²) in [6, 6.07) is 9.89. The molecule has 3 aromatic rings. The number of benzene rings is 1. The molecule has 0 atom stereocenters. The van der Waals surface area contributed by atoms with Gasteiger partial charge in [-0.25, -0.2) is 9.97 Å². The normalized spacial score (nSPS) is 10.4. The lowest BCUT2D eigenvalue weighted by molar-refractivity contribution is 1.11. The van der Waals surface area contributed by atoms with E-state index < -0.39 is 0 Å². The van der Waals surface area contributed by atoms with Crippen LogP contribution in [0.5, 0.6) is 0 Å². The van der Waals surface area contributed by atoms with Crippen LogP contribution in [0, 0.1) is 6.92 Å². The van der Waals surface area contributed by atoms with Crippen molar-refractivity contribution in [1.82, 2.24) is 19.9 Å². The van der Waals surface area contributed by atoms with Gasteiger partial charge in [0.1, 0.15) is 0 Å². The molecule has 0 saturated carbocycles. The number of hydrogen-bond acceptors (Lipinski definition) is 4. The molecule has 0 amide bonds. The predicted molar refractivity (Wildman–Crippen MR) is 73.2 cm³/mol. The zero-order chi connectivity index (χ0) is 13.1. The molecule has 0 radical (unpaired) electrons. The van der Waals surface area contributed by atoms with E-state index in [1.807, 2.05) is 37.3 Å². The van der Waals surface area contributed by atoms with Crippen molar-refractivity contribution in [3.05, 3.63) is 60.8 Å². The van der Waals surface area contributed by atoms with E-state index in [1.54, 1.807) is 24.8 Å². The zero-order valence-electron chi connectivity index (χ0n) is 10.5. The van der Waals surface area contributed by atoms with Gasteiger partial charge < -0.3 is 0 Å². The standard InChI is InChI=1S/C15H12N4/c1-11-7-17-14(10-16-11)13-8-18-15(19-9-13)12-5-3-2-4-6-12/h2-10H,1H3. The van der Waals surface area contributed by atoms with Crippen molar-refractivity contribution in [3.63, 3.8) is 0 Å².